The van der Waals surface area contributed by atoms with Crippen LogP contribution < -0.4 is 4.90 Å². The van der Waals surface area contributed by atoms with Crippen molar-refractivity contribution in [1.29, 1.82) is 0 Å². The maximum absolute atomic E-state index is 12.4. The number of likely N-dealkylation sites (tertiary alicyclic amines) is 1. The molecule has 3 fully saturated rings. The number of carbonyl (C=O) groups excluding carboxylic acids is 1. The van der Waals surface area contributed by atoms with Crippen molar-refractivity contribution < 1.29 is 14.3 Å². The standard InChI is InChI=1S/C28H36N6O3/c1-20(2)33-9-3-4-22(16-33)21-5-6-25(29-15-21)23-14-27-26(7-8-30-34(27)17-23)31-10-12-32(13-11-31)28(35)37-24-18-36-19-24/h5-8,14-15,17,20,22,24H,3-4,9-13,16,18-19H2,1-2H3/t22-/m1/s1. The first kappa shape index (κ1) is 24.2. The molecule has 0 N–H and O–H groups in total. The summed E-state index contributed by atoms with van der Waals surface area (Å²) in [6.07, 6.45) is 8.10. The molecular formula is C28H36N6O3. The number of carbonyl (C=O) groups is 1. The predicted molar refractivity (Wildman–Crippen MR) is 142 cm³/mol. The number of nitrogens with zero attached hydrogens (tertiary/aromatic N) is 6. The van der Waals surface area contributed by atoms with Gasteiger partial charge in [-0.3, -0.25) is 4.98 Å². The molecule has 0 spiro atoms. The van der Waals surface area contributed by atoms with Crippen molar-refractivity contribution >= 4 is 17.3 Å². The van der Waals surface area contributed by atoms with Gasteiger partial charge in [-0.2, -0.15) is 5.10 Å². The lowest BCUT2D eigenvalue weighted by atomic mass is 9.91. The molecule has 3 aliphatic heterocycles. The van der Waals surface area contributed by atoms with E-state index in [2.05, 4.69) is 65.4 Å². The SMILES string of the molecule is CC(C)N1CCC[C@@H](c2ccc(-c3cc4c(N5CCN(C(=O)OC6COC6)CC5)ccnn4c3)nc2)C1. The minimum atomic E-state index is -0.238. The molecule has 3 aliphatic rings. The molecule has 3 aromatic rings. The van der Waals surface area contributed by atoms with Crippen LogP contribution >= 0.6 is 0 Å². The summed E-state index contributed by atoms with van der Waals surface area (Å²) in [5, 5.41) is 4.55. The van der Waals surface area contributed by atoms with Gasteiger partial charge in [0.2, 0.25) is 0 Å². The Balaban J connectivity index is 1.15. The summed E-state index contributed by atoms with van der Waals surface area (Å²) in [6, 6.07) is 9.21. The first-order valence-electron chi connectivity index (χ1n) is 13.5. The summed E-state index contributed by atoms with van der Waals surface area (Å²) in [7, 11) is 0. The lowest BCUT2D eigenvalue weighted by Crippen LogP contribution is -2.51. The molecule has 9 nitrogen and oxygen atoms in total. The number of amides is 1. The number of piperidine rings is 1. The van der Waals surface area contributed by atoms with Gasteiger partial charge < -0.3 is 24.2 Å². The monoisotopic (exact) mass is 504 g/mol. The highest BCUT2D eigenvalue weighted by molar-refractivity contribution is 5.79. The molecule has 3 aromatic heterocycles. The summed E-state index contributed by atoms with van der Waals surface area (Å²) < 4.78 is 12.5. The molecule has 6 rings (SSSR count). The van der Waals surface area contributed by atoms with E-state index in [9.17, 15) is 4.79 Å². The van der Waals surface area contributed by atoms with E-state index in [-0.39, 0.29) is 12.2 Å². The first-order chi connectivity index (χ1) is 18.0. The molecule has 196 valence electrons. The molecule has 6 heterocycles. The Morgan fingerprint density at radius 1 is 1.11 bits per heavy atom. The molecule has 9 heteroatoms. The van der Waals surface area contributed by atoms with Gasteiger partial charge in [-0.1, -0.05) is 6.07 Å². The van der Waals surface area contributed by atoms with Crippen LogP contribution in [0.1, 0.15) is 38.2 Å². The fourth-order valence-corrected chi connectivity index (χ4v) is 5.60. The Hall–Kier alpha value is -3.17. The highest BCUT2D eigenvalue weighted by Gasteiger charge is 2.29. The van der Waals surface area contributed by atoms with Crippen LogP contribution in [0.2, 0.25) is 0 Å². The topological polar surface area (TPSA) is 75.4 Å². The van der Waals surface area contributed by atoms with Crippen LogP contribution in [0, 0.1) is 0 Å². The third kappa shape index (κ3) is 5.02. The van der Waals surface area contributed by atoms with E-state index in [1.165, 1.54) is 24.9 Å². The van der Waals surface area contributed by atoms with E-state index in [1.807, 2.05) is 10.7 Å². The molecule has 0 saturated carbocycles. The lowest BCUT2D eigenvalue weighted by Gasteiger charge is -2.37. The van der Waals surface area contributed by atoms with Crippen molar-refractivity contribution in [2.75, 3.05) is 57.4 Å². The lowest BCUT2D eigenvalue weighted by molar-refractivity contribution is -0.104. The van der Waals surface area contributed by atoms with Gasteiger partial charge in [0, 0.05) is 62.9 Å². The molecule has 1 amide bonds. The molecule has 3 saturated heterocycles. The number of fused-ring (bicyclic) bond motifs is 1. The van der Waals surface area contributed by atoms with Crippen LogP contribution in [0.25, 0.3) is 16.8 Å². The van der Waals surface area contributed by atoms with E-state index in [1.54, 1.807) is 4.90 Å². The van der Waals surface area contributed by atoms with Gasteiger partial charge in [0.1, 0.15) is 0 Å². The molecule has 0 radical (unpaired) electrons. The minimum Gasteiger partial charge on any atom is -0.441 e. The van der Waals surface area contributed by atoms with Crippen molar-refractivity contribution in [3.05, 3.63) is 48.4 Å². The Morgan fingerprint density at radius 3 is 2.65 bits per heavy atom. The molecular weight excluding hydrogens is 468 g/mol. The van der Waals surface area contributed by atoms with Crippen LogP contribution in [-0.2, 0) is 9.47 Å². The second kappa shape index (κ2) is 10.3. The number of piperazine rings is 1. The summed E-state index contributed by atoms with van der Waals surface area (Å²) in [5.41, 5.74) is 5.52. The zero-order chi connectivity index (χ0) is 25.4. The number of ether oxygens (including phenoxy) is 2. The maximum atomic E-state index is 12.4. The summed E-state index contributed by atoms with van der Waals surface area (Å²) in [6.45, 7) is 10.6. The number of rotatable bonds is 5. The van der Waals surface area contributed by atoms with Gasteiger partial charge in [-0.05, 0) is 62.9 Å². The molecule has 37 heavy (non-hydrogen) atoms. The minimum absolute atomic E-state index is 0.0930. The summed E-state index contributed by atoms with van der Waals surface area (Å²) >= 11 is 0. The van der Waals surface area contributed by atoms with Crippen molar-refractivity contribution in [3.8, 4) is 11.3 Å². The van der Waals surface area contributed by atoms with Crippen LogP contribution in [0.15, 0.2) is 42.9 Å². The van der Waals surface area contributed by atoms with Crippen LogP contribution in [-0.4, -0.2) is 95.1 Å². The highest BCUT2D eigenvalue weighted by atomic mass is 16.6. The predicted octanol–water partition coefficient (Wildman–Crippen LogP) is 3.64. The number of anilines is 1. The second-order valence-corrected chi connectivity index (χ2v) is 10.7. The van der Waals surface area contributed by atoms with E-state index in [4.69, 9.17) is 14.5 Å². The van der Waals surface area contributed by atoms with Crippen molar-refractivity contribution in [2.45, 2.75) is 44.8 Å². The average Bonchev–Trinajstić information content (AvgIpc) is 3.35. The Labute approximate surface area is 218 Å². The van der Waals surface area contributed by atoms with E-state index >= 15 is 0 Å². The van der Waals surface area contributed by atoms with Gasteiger partial charge >= 0.3 is 6.09 Å². The van der Waals surface area contributed by atoms with Crippen molar-refractivity contribution in [3.63, 3.8) is 0 Å². The number of aromatic nitrogens is 3. The molecule has 0 unspecified atom stereocenters. The fourth-order valence-electron chi connectivity index (χ4n) is 5.60. The second-order valence-electron chi connectivity index (χ2n) is 10.7. The van der Waals surface area contributed by atoms with Gasteiger partial charge in [0.15, 0.2) is 6.10 Å². The zero-order valence-electron chi connectivity index (χ0n) is 21.8. The molecule has 1 atom stereocenters. The smallest absolute Gasteiger partial charge is 0.410 e. The van der Waals surface area contributed by atoms with E-state index in [0.717, 1.165) is 42.1 Å². The third-order valence-corrected chi connectivity index (χ3v) is 7.98. The number of hydrogen-bond acceptors (Lipinski definition) is 7. The number of hydrogen-bond donors (Lipinski definition) is 0. The average molecular weight is 505 g/mol. The molecule has 0 aliphatic carbocycles. The largest absolute Gasteiger partial charge is 0.441 e. The van der Waals surface area contributed by atoms with Crippen molar-refractivity contribution in [1.82, 2.24) is 24.4 Å². The Bertz CT molecular complexity index is 1230. The summed E-state index contributed by atoms with van der Waals surface area (Å²) in [4.78, 5) is 23.9. The van der Waals surface area contributed by atoms with E-state index < -0.39 is 0 Å². The van der Waals surface area contributed by atoms with Gasteiger partial charge in [-0.15, -0.1) is 0 Å². The van der Waals surface area contributed by atoms with Crippen LogP contribution in [0.4, 0.5) is 10.5 Å². The quantitative estimate of drug-likeness (QED) is 0.525. The normalized spacial score (nSPS) is 21.4. The summed E-state index contributed by atoms with van der Waals surface area (Å²) in [5.74, 6) is 0.553. The first-order valence-corrected chi connectivity index (χ1v) is 13.5. The van der Waals surface area contributed by atoms with Gasteiger partial charge in [0.25, 0.3) is 0 Å². The third-order valence-electron chi connectivity index (χ3n) is 7.98. The number of pyridine rings is 1. The van der Waals surface area contributed by atoms with Gasteiger partial charge in [-0.25, -0.2) is 9.31 Å². The molecule has 0 bridgehead atoms. The Morgan fingerprint density at radius 2 is 1.95 bits per heavy atom. The van der Waals surface area contributed by atoms with Crippen molar-refractivity contribution in [2.24, 2.45) is 0 Å². The maximum Gasteiger partial charge on any atom is 0.410 e. The van der Waals surface area contributed by atoms with Crippen LogP contribution in [0.5, 0.6) is 0 Å². The van der Waals surface area contributed by atoms with Gasteiger partial charge in [0.05, 0.1) is 30.1 Å². The molecule has 0 aromatic carbocycles. The highest BCUT2D eigenvalue weighted by Crippen LogP contribution is 2.31. The fraction of sp³-hybridized carbons (Fsp3) is 0.536. The van der Waals surface area contributed by atoms with Crippen LogP contribution in [0.3, 0.4) is 0 Å². The van der Waals surface area contributed by atoms with E-state index in [0.29, 0.717) is 38.3 Å². The Kier molecular flexibility index (Phi) is 6.73. The zero-order valence-corrected chi connectivity index (χ0v) is 21.8.